The van der Waals surface area contributed by atoms with Crippen molar-refractivity contribution >= 4 is 49.7 Å². The lowest BCUT2D eigenvalue weighted by molar-refractivity contribution is -0.124. The first-order chi connectivity index (χ1) is 14.2. The number of nitrogens with zero attached hydrogens (tertiary/aromatic N) is 2. The molecule has 1 aliphatic heterocycles. The van der Waals surface area contributed by atoms with Crippen LogP contribution in [0.25, 0.3) is 0 Å². The van der Waals surface area contributed by atoms with Gasteiger partial charge in [0.1, 0.15) is 6.04 Å². The van der Waals surface area contributed by atoms with Gasteiger partial charge < -0.3 is 9.84 Å². The lowest BCUT2D eigenvalue weighted by Gasteiger charge is -2.22. The van der Waals surface area contributed by atoms with Crippen molar-refractivity contribution in [1.82, 2.24) is 9.73 Å². The molecule has 1 amide bonds. The highest BCUT2D eigenvalue weighted by Gasteiger charge is 2.39. The molecule has 11 heteroatoms. The van der Waals surface area contributed by atoms with E-state index in [2.05, 4.69) is 26.5 Å². The molecule has 1 saturated heterocycles. The Balaban J connectivity index is 1.73. The number of sulfonamides is 1. The Morgan fingerprint density at radius 3 is 2.73 bits per heavy atom. The maximum Gasteiger partial charge on any atom is 0.258 e. The second-order valence-corrected chi connectivity index (χ2v) is 9.70. The van der Waals surface area contributed by atoms with Crippen molar-refractivity contribution in [1.29, 1.82) is 0 Å². The number of aromatic hydroxyl groups is 1. The van der Waals surface area contributed by atoms with Crippen LogP contribution in [0, 0.1) is 0 Å². The van der Waals surface area contributed by atoms with Crippen LogP contribution in [0.3, 0.4) is 0 Å². The van der Waals surface area contributed by atoms with Crippen LogP contribution >= 0.6 is 27.5 Å². The molecule has 3 rings (SSSR count). The molecule has 0 bridgehead atoms. The molecule has 0 aromatic heterocycles. The highest BCUT2D eigenvalue weighted by Crippen LogP contribution is 2.34. The number of benzene rings is 2. The molecule has 30 heavy (non-hydrogen) atoms. The van der Waals surface area contributed by atoms with Crippen molar-refractivity contribution in [2.45, 2.75) is 23.8 Å². The smallest absolute Gasteiger partial charge is 0.258 e. The van der Waals surface area contributed by atoms with Gasteiger partial charge in [0.15, 0.2) is 11.5 Å². The average Bonchev–Trinajstić information content (AvgIpc) is 3.21. The van der Waals surface area contributed by atoms with E-state index in [1.807, 2.05) is 0 Å². The lowest BCUT2D eigenvalue weighted by Crippen LogP contribution is -2.44. The van der Waals surface area contributed by atoms with Crippen LogP contribution in [0.2, 0.25) is 5.02 Å². The minimum Gasteiger partial charge on any atom is -0.503 e. The topological polar surface area (TPSA) is 108 Å². The molecule has 1 atom stereocenters. The highest BCUT2D eigenvalue weighted by molar-refractivity contribution is 9.10. The summed E-state index contributed by atoms with van der Waals surface area (Å²) in [5.74, 6) is -0.327. The number of hydrogen-bond donors (Lipinski definition) is 2. The molecule has 0 aliphatic carbocycles. The van der Waals surface area contributed by atoms with E-state index in [-0.39, 0.29) is 22.9 Å². The van der Waals surface area contributed by atoms with Gasteiger partial charge in [-0.2, -0.15) is 9.41 Å². The van der Waals surface area contributed by atoms with Gasteiger partial charge in [-0.3, -0.25) is 4.79 Å². The number of nitrogens with one attached hydrogen (secondary N) is 1. The summed E-state index contributed by atoms with van der Waals surface area (Å²) in [7, 11) is -2.42. The Bertz CT molecular complexity index is 1080. The molecule has 0 saturated carbocycles. The number of hydrogen-bond acceptors (Lipinski definition) is 6. The van der Waals surface area contributed by atoms with Crippen LogP contribution in [0.5, 0.6) is 11.5 Å². The molecule has 2 N–H and O–H groups in total. The van der Waals surface area contributed by atoms with Crippen molar-refractivity contribution in [3.05, 3.63) is 51.5 Å². The summed E-state index contributed by atoms with van der Waals surface area (Å²) in [6.45, 7) is 0.245. The molecule has 1 aliphatic rings. The number of carbonyl (C=O) groups is 1. The Kier molecular flexibility index (Phi) is 7.02. The van der Waals surface area contributed by atoms with Gasteiger partial charge >= 0.3 is 0 Å². The lowest BCUT2D eigenvalue weighted by atomic mass is 10.2. The summed E-state index contributed by atoms with van der Waals surface area (Å²) in [5.41, 5.74) is 2.96. The minimum atomic E-state index is -3.83. The summed E-state index contributed by atoms with van der Waals surface area (Å²) >= 11 is 9.04. The van der Waals surface area contributed by atoms with Gasteiger partial charge in [-0.15, -0.1) is 0 Å². The van der Waals surface area contributed by atoms with Crippen LogP contribution in [0.15, 0.2) is 50.9 Å². The molecule has 0 spiro atoms. The van der Waals surface area contributed by atoms with Crippen molar-refractivity contribution in [2.24, 2.45) is 5.10 Å². The van der Waals surface area contributed by atoms with Gasteiger partial charge in [-0.1, -0.05) is 11.6 Å². The molecule has 0 unspecified atom stereocenters. The first-order valence-electron chi connectivity index (χ1n) is 8.91. The summed E-state index contributed by atoms with van der Waals surface area (Å²) in [4.78, 5) is 12.7. The highest BCUT2D eigenvalue weighted by atomic mass is 79.9. The normalized spacial score (nSPS) is 17.4. The van der Waals surface area contributed by atoms with Gasteiger partial charge in [0, 0.05) is 11.6 Å². The molecular formula is C19H19BrClN3O5S. The zero-order valence-corrected chi connectivity index (χ0v) is 19.0. The van der Waals surface area contributed by atoms with Crippen molar-refractivity contribution in [2.75, 3.05) is 13.7 Å². The van der Waals surface area contributed by atoms with Gasteiger partial charge in [0.05, 0.1) is 22.7 Å². The van der Waals surface area contributed by atoms with E-state index in [0.717, 1.165) is 0 Å². The fourth-order valence-electron chi connectivity index (χ4n) is 3.10. The first kappa shape index (κ1) is 22.5. The molecule has 160 valence electrons. The zero-order valence-electron chi connectivity index (χ0n) is 15.9. The summed E-state index contributed by atoms with van der Waals surface area (Å²) in [5, 5.41) is 14.2. The third-order valence-corrected chi connectivity index (χ3v) is 7.36. The second kappa shape index (κ2) is 9.34. The van der Waals surface area contributed by atoms with Crippen molar-refractivity contribution < 1.29 is 23.1 Å². The number of hydrazone groups is 1. The van der Waals surface area contributed by atoms with Gasteiger partial charge in [-0.05, 0) is 70.7 Å². The number of phenolic OH excluding ortho intramolecular Hbond substituents is 1. The maximum absolute atomic E-state index is 12.9. The molecule has 2 aromatic rings. The Labute approximate surface area is 187 Å². The summed E-state index contributed by atoms with van der Waals surface area (Å²) < 4.78 is 32.5. The number of methoxy groups -OCH3 is 1. The first-order valence-corrected chi connectivity index (χ1v) is 11.5. The number of amides is 1. The number of ether oxygens (including phenoxy) is 1. The number of rotatable bonds is 6. The molecule has 1 fully saturated rings. The molecule has 1 heterocycles. The molecule has 2 aromatic carbocycles. The van der Waals surface area contributed by atoms with Crippen molar-refractivity contribution in [3.8, 4) is 11.5 Å². The number of phenols is 1. The van der Waals surface area contributed by atoms with Crippen LogP contribution in [0.4, 0.5) is 0 Å². The predicted molar refractivity (Wildman–Crippen MR) is 116 cm³/mol. The molecular weight excluding hydrogens is 498 g/mol. The number of halogens is 2. The van der Waals surface area contributed by atoms with Gasteiger partial charge in [0.2, 0.25) is 10.0 Å². The Hall–Kier alpha value is -2.14. The van der Waals surface area contributed by atoms with Crippen LogP contribution in [0.1, 0.15) is 18.4 Å². The van der Waals surface area contributed by atoms with Crippen LogP contribution in [-0.2, 0) is 14.8 Å². The van der Waals surface area contributed by atoms with E-state index in [0.29, 0.717) is 27.9 Å². The van der Waals surface area contributed by atoms with E-state index in [1.165, 1.54) is 41.9 Å². The average molecular weight is 517 g/mol. The minimum absolute atomic E-state index is 0.0484. The third-order valence-electron chi connectivity index (χ3n) is 4.59. The fraction of sp³-hybridized carbons (Fsp3) is 0.263. The zero-order chi connectivity index (χ0) is 21.9. The van der Waals surface area contributed by atoms with E-state index >= 15 is 0 Å². The third kappa shape index (κ3) is 4.77. The summed E-state index contributed by atoms with van der Waals surface area (Å²) in [6.07, 6.45) is 2.33. The van der Waals surface area contributed by atoms with E-state index < -0.39 is 22.0 Å². The molecule has 8 nitrogen and oxygen atoms in total. The van der Waals surface area contributed by atoms with E-state index in [9.17, 15) is 18.3 Å². The SMILES string of the molecule is COc1cc(/C=N\NC(=O)[C@H]2CCCN2S(=O)(=O)c2ccc(Cl)cc2)cc(Br)c1O. The standard InChI is InChI=1S/C19H19BrClN3O5S/c1-29-17-10-12(9-15(20)18(17)25)11-22-23-19(26)16-3-2-8-24(16)30(27,28)14-6-4-13(21)5-7-14/h4-7,9-11,16,25H,2-3,8H2,1H3,(H,23,26)/b22-11-/t16-/m1/s1. The quantitative estimate of drug-likeness (QED) is 0.453. The van der Waals surface area contributed by atoms with Crippen LogP contribution < -0.4 is 10.2 Å². The van der Waals surface area contributed by atoms with Crippen molar-refractivity contribution in [3.63, 3.8) is 0 Å². The Morgan fingerprint density at radius 1 is 1.37 bits per heavy atom. The van der Waals surface area contributed by atoms with E-state index in [4.69, 9.17) is 16.3 Å². The molecule has 0 radical (unpaired) electrons. The van der Waals surface area contributed by atoms with Gasteiger partial charge in [-0.25, -0.2) is 13.8 Å². The maximum atomic E-state index is 12.9. The summed E-state index contributed by atoms with van der Waals surface area (Å²) in [6, 6.07) is 8.10. The monoisotopic (exact) mass is 515 g/mol. The Morgan fingerprint density at radius 2 is 2.07 bits per heavy atom. The van der Waals surface area contributed by atoms with Crippen LogP contribution in [-0.4, -0.2) is 49.6 Å². The second-order valence-electron chi connectivity index (χ2n) is 6.52. The van der Waals surface area contributed by atoms with Gasteiger partial charge in [0.25, 0.3) is 5.91 Å². The van der Waals surface area contributed by atoms with E-state index in [1.54, 1.807) is 12.1 Å². The predicted octanol–water partition coefficient (Wildman–Crippen LogP) is 3.12. The number of carbonyl (C=O) groups excluding carboxylic acids is 1. The fourth-order valence-corrected chi connectivity index (χ4v) is 5.34. The largest absolute Gasteiger partial charge is 0.503 e.